The first-order valence-corrected chi connectivity index (χ1v) is 7.34. The van der Waals surface area contributed by atoms with Gasteiger partial charge < -0.3 is 9.15 Å². The van der Waals surface area contributed by atoms with Crippen LogP contribution in [0.15, 0.2) is 52.9 Å². The molecule has 8 heteroatoms. The molecule has 8 nitrogen and oxygen atoms in total. The smallest absolute Gasteiger partial charge is 0.338 e. The number of carbonyl (C=O) groups excluding carboxylic acids is 1. The van der Waals surface area contributed by atoms with Crippen molar-refractivity contribution in [3.8, 4) is 11.5 Å². The minimum absolute atomic E-state index is 0.0484. The third-order valence-electron chi connectivity index (χ3n) is 3.38. The molecule has 0 N–H and O–H groups in total. The van der Waals surface area contributed by atoms with Crippen molar-refractivity contribution in [2.45, 2.75) is 13.5 Å². The fourth-order valence-electron chi connectivity index (χ4n) is 2.15. The zero-order valence-corrected chi connectivity index (χ0v) is 13.2. The van der Waals surface area contributed by atoms with Crippen LogP contribution < -0.4 is 0 Å². The van der Waals surface area contributed by atoms with E-state index in [1.54, 1.807) is 43.3 Å². The Hall–Kier alpha value is -3.55. The molecule has 25 heavy (non-hydrogen) atoms. The lowest BCUT2D eigenvalue weighted by atomic mass is 10.1. The Labute approximate surface area is 142 Å². The van der Waals surface area contributed by atoms with Crippen molar-refractivity contribution in [2.24, 2.45) is 0 Å². The van der Waals surface area contributed by atoms with Crippen LogP contribution in [-0.2, 0) is 11.3 Å². The Balaban J connectivity index is 1.65. The number of nitrogens with zero attached hydrogens (tertiary/aromatic N) is 3. The van der Waals surface area contributed by atoms with Gasteiger partial charge in [-0.05, 0) is 29.8 Å². The summed E-state index contributed by atoms with van der Waals surface area (Å²) < 4.78 is 10.5. The second-order valence-corrected chi connectivity index (χ2v) is 5.21. The van der Waals surface area contributed by atoms with Crippen LogP contribution in [-0.4, -0.2) is 21.1 Å². The van der Waals surface area contributed by atoms with Crippen molar-refractivity contribution < 1.29 is 18.9 Å². The van der Waals surface area contributed by atoms with E-state index in [2.05, 4.69) is 10.2 Å². The van der Waals surface area contributed by atoms with Crippen LogP contribution in [0.25, 0.3) is 11.5 Å². The summed E-state index contributed by atoms with van der Waals surface area (Å²) in [5.41, 5.74) is 1.54. The third kappa shape index (κ3) is 3.86. The van der Waals surface area contributed by atoms with E-state index < -0.39 is 10.9 Å². The van der Waals surface area contributed by atoms with E-state index in [9.17, 15) is 14.9 Å². The molecule has 0 saturated heterocycles. The van der Waals surface area contributed by atoms with Gasteiger partial charge in [0.15, 0.2) is 0 Å². The number of carbonyl (C=O) groups is 1. The molecule has 0 saturated carbocycles. The first-order valence-electron chi connectivity index (χ1n) is 7.34. The summed E-state index contributed by atoms with van der Waals surface area (Å²) in [6.45, 7) is 1.64. The zero-order valence-electron chi connectivity index (χ0n) is 13.2. The van der Waals surface area contributed by atoms with Crippen LogP contribution in [0.4, 0.5) is 5.69 Å². The second kappa shape index (κ2) is 6.91. The van der Waals surface area contributed by atoms with E-state index >= 15 is 0 Å². The fraction of sp³-hybridized carbons (Fsp3) is 0.118. The van der Waals surface area contributed by atoms with Crippen LogP contribution in [0.2, 0.25) is 0 Å². The Morgan fingerprint density at radius 3 is 2.60 bits per heavy atom. The minimum atomic E-state index is -0.528. The van der Waals surface area contributed by atoms with Crippen LogP contribution in [0.3, 0.4) is 0 Å². The van der Waals surface area contributed by atoms with Gasteiger partial charge in [0.2, 0.25) is 11.8 Å². The number of benzene rings is 2. The summed E-state index contributed by atoms with van der Waals surface area (Å²) in [4.78, 5) is 22.3. The summed E-state index contributed by atoms with van der Waals surface area (Å²) in [6.07, 6.45) is 0. The van der Waals surface area contributed by atoms with Crippen molar-refractivity contribution in [2.75, 3.05) is 0 Å². The Morgan fingerprint density at radius 1 is 1.20 bits per heavy atom. The van der Waals surface area contributed by atoms with E-state index in [0.29, 0.717) is 28.5 Å². The highest BCUT2D eigenvalue weighted by atomic mass is 16.6. The molecule has 3 aromatic rings. The predicted octanol–water partition coefficient (Wildman–Crippen LogP) is 3.31. The van der Waals surface area contributed by atoms with E-state index in [1.165, 1.54) is 12.1 Å². The van der Waals surface area contributed by atoms with Gasteiger partial charge >= 0.3 is 5.97 Å². The number of ether oxygens (including phenoxy) is 1. The van der Waals surface area contributed by atoms with E-state index in [1.807, 2.05) is 0 Å². The molecule has 0 spiro atoms. The number of nitro benzene ring substituents is 1. The highest BCUT2D eigenvalue weighted by molar-refractivity contribution is 5.89. The number of nitro groups is 1. The SMILES string of the molecule is Cc1nnc(-c2ccc(C(=O)OCc3cccc([N+](=O)[O-])c3)cc2)o1. The lowest BCUT2D eigenvalue weighted by Gasteiger charge is -2.05. The third-order valence-corrected chi connectivity index (χ3v) is 3.38. The monoisotopic (exact) mass is 339 g/mol. The molecule has 0 aliphatic heterocycles. The molecule has 3 rings (SSSR count). The number of aryl methyl sites for hydroxylation is 1. The molecule has 0 fully saturated rings. The van der Waals surface area contributed by atoms with Gasteiger partial charge in [0.05, 0.1) is 10.5 Å². The van der Waals surface area contributed by atoms with E-state index in [4.69, 9.17) is 9.15 Å². The molecule has 0 aliphatic carbocycles. The van der Waals surface area contributed by atoms with Crippen molar-refractivity contribution in [1.82, 2.24) is 10.2 Å². The average molecular weight is 339 g/mol. The highest BCUT2D eigenvalue weighted by Gasteiger charge is 2.11. The molecular weight excluding hydrogens is 326 g/mol. The van der Waals surface area contributed by atoms with E-state index in [0.717, 1.165) is 0 Å². The number of esters is 1. The van der Waals surface area contributed by atoms with Crippen LogP contribution >= 0.6 is 0 Å². The number of hydrogen-bond acceptors (Lipinski definition) is 7. The van der Waals surface area contributed by atoms with Gasteiger partial charge in [-0.2, -0.15) is 0 Å². The highest BCUT2D eigenvalue weighted by Crippen LogP contribution is 2.19. The van der Waals surface area contributed by atoms with E-state index in [-0.39, 0.29) is 12.3 Å². The predicted molar refractivity (Wildman–Crippen MR) is 86.7 cm³/mol. The quantitative estimate of drug-likeness (QED) is 0.398. The maximum absolute atomic E-state index is 12.1. The van der Waals surface area contributed by atoms with Crippen LogP contribution in [0, 0.1) is 17.0 Å². The Bertz CT molecular complexity index is 918. The zero-order chi connectivity index (χ0) is 17.8. The van der Waals surface area contributed by atoms with Gasteiger partial charge in [-0.3, -0.25) is 10.1 Å². The summed E-state index contributed by atoms with van der Waals surface area (Å²) in [7, 11) is 0. The van der Waals surface area contributed by atoms with Gasteiger partial charge in [0.25, 0.3) is 5.69 Å². The lowest BCUT2D eigenvalue weighted by molar-refractivity contribution is -0.384. The first kappa shape index (κ1) is 16.3. The molecule has 0 bridgehead atoms. The Kier molecular flexibility index (Phi) is 4.51. The first-order chi connectivity index (χ1) is 12.0. The largest absolute Gasteiger partial charge is 0.457 e. The molecule has 1 heterocycles. The number of hydrogen-bond donors (Lipinski definition) is 0. The molecule has 0 aliphatic rings. The van der Waals surface area contributed by atoms with Gasteiger partial charge in [0, 0.05) is 24.6 Å². The number of non-ortho nitro benzene ring substituents is 1. The lowest BCUT2D eigenvalue weighted by Crippen LogP contribution is -2.05. The average Bonchev–Trinajstić information content (AvgIpc) is 3.06. The maximum Gasteiger partial charge on any atom is 0.338 e. The second-order valence-electron chi connectivity index (χ2n) is 5.21. The van der Waals surface area contributed by atoms with Crippen LogP contribution in [0.5, 0.6) is 0 Å². The van der Waals surface area contributed by atoms with Crippen molar-refractivity contribution in [3.05, 3.63) is 75.7 Å². The molecule has 0 radical (unpaired) electrons. The molecule has 126 valence electrons. The Morgan fingerprint density at radius 2 is 1.96 bits per heavy atom. The van der Waals surface area contributed by atoms with Crippen molar-refractivity contribution >= 4 is 11.7 Å². The summed E-state index contributed by atoms with van der Waals surface area (Å²) in [5, 5.41) is 18.4. The fourth-order valence-corrected chi connectivity index (χ4v) is 2.15. The molecule has 1 aromatic heterocycles. The van der Waals surface area contributed by atoms with Crippen LogP contribution in [0.1, 0.15) is 21.8 Å². The summed E-state index contributed by atoms with van der Waals surface area (Å²) >= 11 is 0. The number of rotatable bonds is 5. The maximum atomic E-state index is 12.1. The number of aromatic nitrogens is 2. The molecule has 0 amide bonds. The van der Waals surface area contributed by atoms with Crippen molar-refractivity contribution in [3.63, 3.8) is 0 Å². The minimum Gasteiger partial charge on any atom is -0.457 e. The molecule has 0 atom stereocenters. The normalized spacial score (nSPS) is 10.4. The topological polar surface area (TPSA) is 108 Å². The van der Waals surface area contributed by atoms with Gasteiger partial charge in [0.1, 0.15) is 6.61 Å². The van der Waals surface area contributed by atoms with Gasteiger partial charge in [-0.15, -0.1) is 10.2 Å². The summed E-state index contributed by atoms with van der Waals surface area (Å²) in [6, 6.07) is 12.5. The molecule has 2 aromatic carbocycles. The van der Waals surface area contributed by atoms with Gasteiger partial charge in [-0.1, -0.05) is 12.1 Å². The molecule has 0 unspecified atom stereocenters. The standard InChI is InChI=1S/C17H13N3O5/c1-11-18-19-16(25-11)13-5-7-14(8-6-13)17(21)24-10-12-3-2-4-15(9-12)20(22)23/h2-9H,10H2,1H3. The van der Waals surface area contributed by atoms with Gasteiger partial charge in [-0.25, -0.2) is 4.79 Å². The summed E-state index contributed by atoms with van der Waals surface area (Å²) in [5.74, 6) is 0.296. The molecular formula is C17H13N3O5. The van der Waals surface area contributed by atoms with Crippen molar-refractivity contribution in [1.29, 1.82) is 0 Å².